The summed E-state index contributed by atoms with van der Waals surface area (Å²) in [6, 6.07) is 22.3. The molecule has 0 bridgehead atoms. The molecule has 1 saturated carbocycles. The lowest BCUT2D eigenvalue weighted by Crippen LogP contribution is -2.64. The van der Waals surface area contributed by atoms with E-state index in [9.17, 15) is 0 Å². The largest absolute Gasteiger partial charge is 0.408 e. The van der Waals surface area contributed by atoms with E-state index >= 15 is 0 Å². The molecule has 1 nitrogen and oxygen atoms in total. The van der Waals surface area contributed by atoms with Crippen LogP contribution in [0, 0.1) is 0 Å². The second kappa shape index (κ2) is 8.64. The van der Waals surface area contributed by atoms with E-state index in [0.29, 0.717) is 5.54 Å². The fraction of sp³-hybridized carbons (Fsp3) is 0.455. The Labute approximate surface area is 148 Å². The van der Waals surface area contributed by atoms with Gasteiger partial charge in [-0.3, -0.25) is 0 Å². The van der Waals surface area contributed by atoms with Crippen molar-refractivity contribution in [3.63, 3.8) is 0 Å². The summed E-state index contributed by atoms with van der Waals surface area (Å²) in [6.45, 7) is 3.14. The number of rotatable bonds is 7. The van der Waals surface area contributed by atoms with Crippen LogP contribution in [0.2, 0.25) is 5.54 Å². The van der Waals surface area contributed by atoms with Crippen molar-refractivity contribution in [2.45, 2.75) is 57.4 Å². The SMILES string of the molecule is CCCCO[Si](c1ccccc1)(c1ccccc1)C1CCCCC1. The van der Waals surface area contributed by atoms with Gasteiger partial charge < -0.3 is 4.43 Å². The van der Waals surface area contributed by atoms with E-state index in [1.807, 2.05) is 0 Å². The molecular formula is C22H30OSi. The molecule has 0 spiro atoms. The summed E-state index contributed by atoms with van der Waals surface area (Å²) in [5, 5.41) is 2.92. The first kappa shape index (κ1) is 17.4. The summed E-state index contributed by atoms with van der Waals surface area (Å²) >= 11 is 0. The van der Waals surface area contributed by atoms with Crippen LogP contribution in [0.4, 0.5) is 0 Å². The fourth-order valence-corrected chi connectivity index (χ4v) is 9.09. The van der Waals surface area contributed by atoms with Gasteiger partial charge in [0.2, 0.25) is 0 Å². The molecule has 0 N–H and O–H groups in total. The smallest absolute Gasteiger partial charge is 0.258 e. The van der Waals surface area contributed by atoms with Gasteiger partial charge in [-0.05, 0) is 22.3 Å². The zero-order valence-corrected chi connectivity index (χ0v) is 15.9. The summed E-state index contributed by atoms with van der Waals surface area (Å²) in [5.41, 5.74) is 0.702. The Morgan fingerprint density at radius 2 is 1.38 bits per heavy atom. The third-order valence-electron chi connectivity index (χ3n) is 5.41. The van der Waals surface area contributed by atoms with Gasteiger partial charge in [-0.2, -0.15) is 0 Å². The molecule has 1 aliphatic rings. The molecule has 2 aromatic carbocycles. The van der Waals surface area contributed by atoms with Crippen molar-refractivity contribution in [2.24, 2.45) is 0 Å². The minimum Gasteiger partial charge on any atom is -0.408 e. The first-order valence-corrected chi connectivity index (χ1v) is 11.6. The second-order valence-corrected chi connectivity index (χ2v) is 10.7. The first-order chi connectivity index (χ1) is 11.9. The Balaban J connectivity index is 2.07. The predicted molar refractivity (Wildman–Crippen MR) is 106 cm³/mol. The molecule has 0 amide bonds. The molecule has 0 atom stereocenters. The summed E-state index contributed by atoms with van der Waals surface area (Å²) in [6.07, 6.45) is 9.09. The van der Waals surface area contributed by atoms with Gasteiger partial charge in [0, 0.05) is 6.61 Å². The van der Waals surface area contributed by atoms with Crippen LogP contribution in [-0.4, -0.2) is 14.9 Å². The summed E-state index contributed by atoms with van der Waals surface area (Å²) in [4.78, 5) is 0. The van der Waals surface area contributed by atoms with Crippen LogP contribution in [0.3, 0.4) is 0 Å². The molecule has 0 aliphatic heterocycles. The van der Waals surface area contributed by atoms with Gasteiger partial charge in [-0.25, -0.2) is 0 Å². The molecule has 0 unspecified atom stereocenters. The minimum atomic E-state index is -2.18. The lowest BCUT2D eigenvalue weighted by atomic mass is 10.0. The van der Waals surface area contributed by atoms with Crippen molar-refractivity contribution in [3.8, 4) is 0 Å². The van der Waals surface area contributed by atoms with E-state index < -0.39 is 8.32 Å². The number of hydrogen-bond acceptors (Lipinski definition) is 1. The van der Waals surface area contributed by atoms with Gasteiger partial charge in [-0.1, -0.05) is 106 Å². The molecule has 3 rings (SSSR count). The van der Waals surface area contributed by atoms with E-state index in [2.05, 4.69) is 67.6 Å². The third kappa shape index (κ3) is 3.65. The molecule has 0 aromatic heterocycles. The van der Waals surface area contributed by atoms with Crippen molar-refractivity contribution >= 4 is 18.7 Å². The van der Waals surface area contributed by atoms with E-state index in [-0.39, 0.29) is 0 Å². The van der Waals surface area contributed by atoms with Gasteiger partial charge in [0.25, 0.3) is 8.32 Å². The van der Waals surface area contributed by atoms with Crippen molar-refractivity contribution in [3.05, 3.63) is 60.7 Å². The minimum absolute atomic E-state index is 0.702. The van der Waals surface area contributed by atoms with Crippen LogP contribution in [0.1, 0.15) is 51.9 Å². The molecule has 128 valence electrons. The van der Waals surface area contributed by atoms with Gasteiger partial charge >= 0.3 is 0 Å². The maximum atomic E-state index is 6.92. The Morgan fingerprint density at radius 3 is 1.88 bits per heavy atom. The summed E-state index contributed by atoms with van der Waals surface area (Å²) in [5.74, 6) is 0. The van der Waals surface area contributed by atoms with Crippen molar-refractivity contribution in [1.82, 2.24) is 0 Å². The zero-order valence-electron chi connectivity index (χ0n) is 14.9. The topological polar surface area (TPSA) is 9.23 Å². The first-order valence-electron chi connectivity index (χ1n) is 9.63. The molecule has 0 radical (unpaired) electrons. The molecule has 0 saturated heterocycles. The lowest BCUT2D eigenvalue weighted by Gasteiger charge is -2.41. The Morgan fingerprint density at radius 1 is 0.833 bits per heavy atom. The van der Waals surface area contributed by atoms with Gasteiger partial charge in [-0.15, -0.1) is 0 Å². The summed E-state index contributed by atoms with van der Waals surface area (Å²) in [7, 11) is -2.18. The van der Waals surface area contributed by atoms with Crippen LogP contribution in [0.5, 0.6) is 0 Å². The highest BCUT2D eigenvalue weighted by Gasteiger charge is 2.46. The van der Waals surface area contributed by atoms with Gasteiger partial charge in [0.05, 0.1) is 0 Å². The second-order valence-electron chi connectivity index (χ2n) is 7.00. The Hall–Kier alpha value is -1.38. The average Bonchev–Trinajstić information content (AvgIpc) is 2.68. The average molecular weight is 339 g/mol. The van der Waals surface area contributed by atoms with Crippen LogP contribution in [-0.2, 0) is 4.43 Å². The van der Waals surface area contributed by atoms with Gasteiger partial charge in [0.1, 0.15) is 0 Å². The standard InChI is InChI=1S/C22H30OSi/c1-2-3-19-23-24(20-13-7-4-8-14-20,21-15-9-5-10-16-21)22-17-11-6-12-18-22/h4-5,7-10,13-16,22H,2-3,6,11-12,17-19H2,1H3. The van der Waals surface area contributed by atoms with E-state index in [0.717, 1.165) is 13.0 Å². The van der Waals surface area contributed by atoms with Crippen LogP contribution in [0.25, 0.3) is 0 Å². The highest BCUT2D eigenvalue weighted by Crippen LogP contribution is 2.37. The van der Waals surface area contributed by atoms with Crippen molar-refractivity contribution < 1.29 is 4.43 Å². The van der Waals surface area contributed by atoms with Crippen LogP contribution < -0.4 is 10.4 Å². The van der Waals surface area contributed by atoms with Gasteiger partial charge in [0.15, 0.2) is 0 Å². The molecule has 2 heteroatoms. The van der Waals surface area contributed by atoms with Crippen molar-refractivity contribution in [1.29, 1.82) is 0 Å². The quantitative estimate of drug-likeness (QED) is 0.515. The zero-order chi connectivity index (χ0) is 16.7. The van der Waals surface area contributed by atoms with E-state index in [1.165, 1.54) is 48.9 Å². The normalized spacial score (nSPS) is 16.2. The highest BCUT2D eigenvalue weighted by molar-refractivity contribution is 6.98. The molecule has 0 heterocycles. The summed E-state index contributed by atoms with van der Waals surface area (Å²) < 4.78 is 6.92. The predicted octanol–water partition coefficient (Wildman–Crippen LogP) is 4.90. The van der Waals surface area contributed by atoms with Crippen LogP contribution >= 0.6 is 0 Å². The monoisotopic (exact) mass is 338 g/mol. The molecule has 2 aromatic rings. The Bertz CT molecular complexity index is 550. The van der Waals surface area contributed by atoms with E-state index in [4.69, 9.17) is 4.43 Å². The molecule has 1 fully saturated rings. The number of unbranched alkanes of at least 4 members (excludes halogenated alkanes) is 1. The fourth-order valence-electron chi connectivity index (χ4n) is 4.18. The number of benzene rings is 2. The molecule has 24 heavy (non-hydrogen) atoms. The maximum absolute atomic E-state index is 6.92. The maximum Gasteiger partial charge on any atom is 0.258 e. The molecular weight excluding hydrogens is 308 g/mol. The lowest BCUT2D eigenvalue weighted by molar-refractivity contribution is 0.290. The number of hydrogen-bond donors (Lipinski definition) is 0. The Kier molecular flexibility index (Phi) is 6.28. The third-order valence-corrected chi connectivity index (χ3v) is 10.2. The van der Waals surface area contributed by atoms with Crippen LogP contribution in [0.15, 0.2) is 60.7 Å². The highest BCUT2D eigenvalue weighted by atomic mass is 28.4. The van der Waals surface area contributed by atoms with Crippen molar-refractivity contribution in [2.75, 3.05) is 6.61 Å². The van der Waals surface area contributed by atoms with E-state index in [1.54, 1.807) is 0 Å². The molecule has 1 aliphatic carbocycles.